The number of hydrogen-bond acceptors (Lipinski definition) is 9. The van der Waals surface area contributed by atoms with Crippen molar-refractivity contribution in [1.82, 2.24) is 15.0 Å². The lowest BCUT2D eigenvalue weighted by Gasteiger charge is -2.15. The molecular weight excluding hydrogens is 476 g/mol. The Morgan fingerprint density at radius 2 is 1.51 bits per heavy atom. The Morgan fingerprint density at radius 3 is 2.16 bits per heavy atom. The number of carbonyl (C=O) groups is 1. The van der Waals surface area contributed by atoms with Crippen LogP contribution in [0.3, 0.4) is 0 Å². The van der Waals surface area contributed by atoms with E-state index in [0.717, 1.165) is 0 Å². The standard InChI is InChI=1S/C26H26N6O5/c1-27-25-29-13-11-20(32-25)19-6-5-12-28-24(19)37-18-9-7-16(8-10-18)30-26(33)31-17-14-21(34-2)23(36-4)22(15-17)35-3/h5-15H,1-4H3,(H,27,29,32)(H2,30,31,33). The van der Waals surface area contributed by atoms with Gasteiger partial charge in [0.05, 0.1) is 38.3 Å². The van der Waals surface area contributed by atoms with Crippen molar-refractivity contribution in [2.24, 2.45) is 0 Å². The van der Waals surface area contributed by atoms with Gasteiger partial charge in [-0.3, -0.25) is 0 Å². The summed E-state index contributed by atoms with van der Waals surface area (Å²) >= 11 is 0. The Kier molecular flexibility index (Phi) is 7.84. The highest BCUT2D eigenvalue weighted by atomic mass is 16.5. The van der Waals surface area contributed by atoms with Crippen LogP contribution in [0.1, 0.15) is 0 Å². The molecule has 11 heteroatoms. The van der Waals surface area contributed by atoms with Gasteiger partial charge in [-0.25, -0.2) is 19.7 Å². The number of amides is 2. The highest BCUT2D eigenvalue weighted by molar-refractivity contribution is 6.00. The second-order valence-corrected chi connectivity index (χ2v) is 7.49. The predicted molar refractivity (Wildman–Crippen MR) is 140 cm³/mol. The van der Waals surface area contributed by atoms with Crippen LogP contribution in [-0.4, -0.2) is 49.4 Å². The summed E-state index contributed by atoms with van der Waals surface area (Å²) in [6.07, 6.45) is 3.30. The molecule has 0 atom stereocenters. The molecule has 0 aliphatic carbocycles. The first-order valence-corrected chi connectivity index (χ1v) is 11.2. The van der Waals surface area contributed by atoms with Crippen LogP contribution in [0.4, 0.5) is 22.1 Å². The Balaban J connectivity index is 1.44. The highest BCUT2D eigenvalue weighted by Crippen LogP contribution is 2.40. The SMILES string of the molecule is CNc1nccc(-c2cccnc2Oc2ccc(NC(=O)Nc3cc(OC)c(OC)c(OC)c3)cc2)n1. The molecule has 0 saturated carbocycles. The van der Waals surface area contributed by atoms with E-state index in [2.05, 4.69) is 30.9 Å². The molecule has 0 spiro atoms. The summed E-state index contributed by atoms with van der Waals surface area (Å²) in [5.74, 6) is 2.72. The van der Waals surface area contributed by atoms with E-state index in [9.17, 15) is 4.79 Å². The largest absolute Gasteiger partial charge is 0.493 e. The molecule has 4 aromatic rings. The van der Waals surface area contributed by atoms with E-state index < -0.39 is 6.03 Å². The number of nitrogens with one attached hydrogen (secondary N) is 3. The summed E-state index contributed by atoms with van der Waals surface area (Å²) in [4.78, 5) is 25.5. The number of aromatic nitrogens is 3. The fraction of sp³-hybridized carbons (Fsp3) is 0.154. The number of pyridine rings is 1. The van der Waals surface area contributed by atoms with Crippen molar-refractivity contribution in [3.63, 3.8) is 0 Å². The number of ether oxygens (including phenoxy) is 4. The molecule has 0 aliphatic heterocycles. The Hall–Kier alpha value is -5.06. The third kappa shape index (κ3) is 5.96. The molecule has 2 aromatic carbocycles. The van der Waals surface area contributed by atoms with Crippen molar-refractivity contribution in [3.05, 3.63) is 67.0 Å². The first-order valence-electron chi connectivity index (χ1n) is 11.2. The maximum atomic E-state index is 12.6. The van der Waals surface area contributed by atoms with Gasteiger partial charge in [0, 0.05) is 37.3 Å². The summed E-state index contributed by atoms with van der Waals surface area (Å²) in [5.41, 5.74) is 2.42. The topological polar surface area (TPSA) is 129 Å². The van der Waals surface area contributed by atoms with Crippen molar-refractivity contribution >= 4 is 23.4 Å². The average Bonchev–Trinajstić information content (AvgIpc) is 2.93. The molecule has 37 heavy (non-hydrogen) atoms. The highest BCUT2D eigenvalue weighted by Gasteiger charge is 2.15. The van der Waals surface area contributed by atoms with E-state index in [1.165, 1.54) is 21.3 Å². The number of benzene rings is 2. The summed E-state index contributed by atoms with van der Waals surface area (Å²) in [5, 5.41) is 8.45. The van der Waals surface area contributed by atoms with Gasteiger partial charge in [0.2, 0.25) is 17.6 Å². The summed E-state index contributed by atoms with van der Waals surface area (Å²) in [6, 6.07) is 15.2. The molecule has 0 fully saturated rings. The second-order valence-electron chi connectivity index (χ2n) is 7.49. The Labute approximate surface area is 213 Å². The molecular formula is C26H26N6O5. The fourth-order valence-corrected chi connectivity index (χ4v) is 3.46. The third-order valence-corrected chi connectivity index (χ3v) is 5.18. The van der Waals surface area contributed by atoms with Crippen LogP contribution in [0.15, 0.2) is 67.0 Å². The van der Waals surface area contributed by atoms with E-state index in [0.29, 0.717) is 57.5 Å². The van der Waals surface area contributed by atoms with Crippen molar-refractivity contribution in [2.45, 2.75) is 0 Å². The first-order chi connectivity index (χ1) is 18.0. The summed E-state index contributed by atoms with van der Waals surface area (Å²) in [6.45, 7) is 0. The maximum absolute atomic E-state index is 12.6. The normalized spacial score (nSPS) is 10.3. The van der Waals surface area contributed by atoms with Gasteiger partial charge in [0.25, 0.3) is 0 Å². The number of carbonyl (C=O) groups excluding carboxylic acids is 1. The average molecular weight is 503 g/mol. The van der Waals surface area contributed by atoms with Crippen LogP contribution in [0.2, 0.25) is 0 Å². The van der Waals surface area contributed by atoms with Crippen LogP contribution in [0, 0.1) is 0 Å². The Morgan fingerprint density at radius 1 is 0.811 bits per heavy atom. The number of methoxy groups -OCH3 is 3. The van der Waals surface area contributed by atoms with Crippen molar-refractivity contribution in [3.8, 4) is 40.1 Å². The minimum absolute atomic E-state index is 0.393. The lowest BCUT2D eigenvalue weighted by molar-refractivity contribution is 0.262. The summed E-state index contributed by atoms with van der Waals surface area (Å²) in [7, 11) is 6.27. The van der Waals surface area contributed by atoms with Gasteiger partial charge in [-0.1, -0.05) is 0 Å². The molecule has 0 bridgehead atoms. The molecule has 4 rings (SSSR count). The van der Waals surface area contributed by atoms with Crippen LogP contribution in [0.5, 0.6) is 28.9 Å². The smallest absolute Gasteiger partial charge is 0.323 e. The lowest BCUT2D eigenvalue weighted by Crippen LogP contribution is -2.19. The van der Waals surface area contributed by atoms with Crippen LogP contribution < -0.4 is 34.9 Å². The van der Waals surface area contributed by atoms with Crippen molar-refractivity contribution in [2.75, 3.05) is 44.3 Å². The number of hydrogen-bond donors (Lipinski definition) is 3. The zero-order valence-corrected chi connectivity index (χ0v) is 20.7. The van der Waals surface area contributed by atoms with E-state index in [-0.39, 0.29) is 0 Å². The van der Waals surface area contributed by atoms with Gasteiger partial charge >= 0.3 is 6.03 Å². The fourth-order valence-electron chi connectivity index (χ4n) is 3.46. The van der Waals surface area contributed by atoms with Crippen LogP contribution in [-0.2, 0) is 0 Å². The quantitative estimate of drug-likeness (QED) is 0.288. The predicted octanol–water partition coefficient (Wildman–Crippen LogP) is 5.04. The minimum Gasteiger partial charge on any atom is -0.493 e. The zero-order chi connectivity index (χ0) is 26.2. The zero-order valence-electron chi connectivity index (χ0n) is 20.7. The van der Waals surface area contributed by atoms with Crippen LogP contribution in [0.25, 0.3) is 11.3 Å². The molecule has 2 heterocycles. The Bertz CT molecular complexity index is 1360. The number of nitrogens with zero attached hydrogens (tertiary/aromatic N) is 3. The van der Waals surface area contributed by atoms with Gasteiger partial charge in [-0.2, -0.15) is 0 Å². The van der Waals surface area contributed by atoms with Gasteiger partial charge in [-0.15, -0.1) is 0 Å². The molecule has 0 aliphatic rings. The monoisotopic (exact) mass is 502 g/mol. The van der Waals surface area contributed by atoms with E-state index >= 15 is 0 Å². The van der Waals surface area contributed by atoms with Crippen LogP contribution >= 0.6 is 0 Å². The van der Waals surface area contributed by atoms with Gasteiger partial charge in [-0.05, 0) is 42.5 Å². The first kappa shape index (κ1) is 25.0. The van der Waals surface area contributed by atoms with Crippen molar-refractivity contribution < 1.29 is 23.7 Å². The molecule has 0 unspecified atom stereocenters. The third-order valence-electron chi connectivity index (χ3n) is 5.18. The summed E-state index contributed by atoms with van der Waals surface area (Å²) < 4.78 is 22.0. The van der Waals surface area contributed by atoms with E-state index in [4.69, 9.17) is 18.9 Å². The second kappa shape index (κ2) is 11.6. The molecule has 0 radical (unpaired) electrons. The lowest BCUT2D eigenvalue weighted by atomic mass is 10.2. The molecule has 3 N–H and O–H groups in total. The number of anilines is 3. The van der Waals surface area contributed by atoms with Gasteiger partial charge in [0.15, 0.2) is 11.5 Å². The van der Waals surface area contributed by atoms with E-state index in [1.807, 2.05) is 12.1 Å². The minimum atomic E-state index is -0.445. The molecule has 0 saturated heterocycles. The van der Waals surface area contributed by atoms with Gasteiger partial charge < -0.3 is 34.9 Å². The number of urea groups is 1. The molecule has 190 valence electrons. The molecule has 11 nitrogen and oxygen atoms in total. The molecule has 2 aromatic heterocycles. The number of rotatable bonds is 9. The molecule has 2 amide bonds. The van der Waals surface area contributed by atoms with Crippen molar-refractivity contribution in [1.29, 1.82) is 0 Å². The maximum Gasteiger partial charge on any atom is 0.323 e. The van der Waals surface area contributed by atoms with Gasteiger partial charge in [0.1, 0.15) is 5.75 Å². The van der Waals surface area contributed by atoms with E-state index in [1.54, 1.807) is 61.9 Å².